The van der Waals surface area contributed by atoms with Gasteiger partial charge >= 0.3 is 0 Å². The summed E-state index contributed by atoms with van der Waals surface area (Å²) in [6.45, 7) is 9.69. The van der Waals surface area contributed by atoms with E-state index in [0.29, 0.717) is 42.5 Å². The lowest BCUT2D eigenvalue weighted by Crippen LogP contribution is -2.68. The van der Waals surface area contributed by atoms with E-state index < -0.39 is 10.0 Å². The number of nitrogens with zero attached hydrogens (tertiary/aromatic N) is 3. The highest BCUT2D eigenvalue weighted by atomic mass is 32.2. The van der Waals surface area contributed by atoms with Crippen molar-refractivity contribution in [2.24, 2.45) is 5.92 Å². The molecule has 2 atom stereocenters. The number of aryl methyl sites for hydroxylation is 2. The molecule has 0 radical (unpaired) electrons. The summed E-state index contributed by atoms with van der Waals surface area (Å²) < 4.78 is 39.2. The van der Waals surface area contributed by atoms with E-state index in [1.165, 1.54) is 0 Å². The number of hydrogen-bond donors (Lipinski definition) is 0. The summed E-state index contributed by atoms with van der Waals surface area (Å²) in [4.78, 5) is 2.70. The Bertz CT molecular complexity index is 946. The summed E-state index contributed by atoms with van der Waals surface area (Å²) in [6.07, 6.45) is 1.79. The molecule has 0 aliphatic carbocycles. The van der Waals surface area contributed by atoms with Gasteiger partial charge in [0.05, 0.1) is 6.04 Å². The standard InChI is InChI=1S/C22H31N3O4S/c1-15(2)25-14-20(28-19-8-6-5-7-9-19)21(25)18-10-12-24(13-11-18)30(26,27)22-16(3)23-29-17(22)4/h5-9,15,18,20-21H,10-14H2,1-4H3/t20-,21-/m0/s1. The number of benzene rings is 1. The molecule has 0 spiro atoms. The first-order valence-electron chi connectivity index (χ1n) is 10.7. The average Bonchev–Trinajstić information content (AvgIpc) is 3.04. The van der Waals surface area contributed by atoms with Crippen molar-refractivity contribution in [3.05, 3.63) is 41.8 Å². The van der Waals surface area contributed by atoms with Crippen LogP contribution in [0.1, 0.15) is 38.1 Å². The van der Waals surface area contributed by atoms with Gasteiger partial charge in [-0.15, -0.1) is 0 Å². The van der Waals surface area contributed by atoms with Crippen molar-refractivity contribution in [3.8, 4) is 5.75 Å². The maximum absolute atomic E-state index is 13.1. The van der Waals surface area contributed by atoms with Gasteiger partial charge in [-0.05, 0) is 58.6 Å². The molecule has 0 N–H and O–H groups in total. The Balaban J connectivity index is 1.45. The first-order chi connectivity index (χ1) is 14.3. The van der Waals surface area contributed by atoms with Crippen molar-refractivity contribution in [2.75, 3.05) is 19.6 Å². The molecule has 3 heterocycles. The summed E-state index contributed by atoms with van der Waals surface area (Å²) in [7, 11) is -3.58. The number of rotatable bonds is 6. The van der Waals surface area contributed by atoms with Crippen LogP contribution < -0.4 is 4.74 Å². The maximum Gasteiger partial charge on any atom is 0.248 e. The lowest BCUT2D eigenvalue weighted by atomic mass is 9.80. The van der Waals surface area contributed by atoms with Crippen molar-refractivity contribution in [1.82, 2.24) is 14.4 Å². The predicted octanol–water partition coefficient (Wildman–Crippen LogP) is 3.23. The molecule has 8 heteroatoms. The molecule has 2 saturated heterocycles. The van der Waals surface area contributed by atoms with E-state index >= 15 is 0 Å². The highest BCUT2D eigenvalue weighted by molar-refractivity contribution is 7.89. The SMILES string of the molecule is Cc1noc(C)c1S(=O)(=O)N1CCC([C@H]2[C@@H](Oc3ccccc3)CN2C(C)C)CC1. The summed E-state index contributed by atoms with van der Waals surface area (Å²) in [5.74, 6) is 1.66. The number of para-hydroxylation sites is 1. The van der Waals surface area contributed by atoms with E-state index in [-0.39, 0.29) is 11.0 Å². The molecule has 7 nitrogen and oxygen atoms in total. The molecule has 164 valence electrons. The number of ether oxygens (including phenoxy) is 1. The van der Waals surface area contributed by atoms with Gasteiger partial charge in [-0.2, -0.15) is 4.31 Å². The van der Waals surface area contributed by atoms with E-state index in [2.05, 4.69) is 23.9 Å². The quantitative estimate of drug-likeness (QED) is 0.696. The molecule has 2 fully saturated rings. The maximum atomic E-state index is 13.1. The van der Waals surface area contributed by atoms with Crippen molar-refractivity contribution >= 4 is 10.0 Å². The minimum Gasteiger partial charge on any atom is -0.487 e. The Kier molecular flexibility index (Phi) is 5.92. The molecule has 2 aromatic rings. The Morgan fingerprint density at radius 2 is 1.80 bits per heavy atom. The Labute approximate surface area is 179 Å². The summed E-state index contributed by atoms with van der Waals surface area (Å²) in [6, 6.07) is 10.7. The van der Waals surface area contributed by atoms with Crippen LogP contribution in [0.3, 0.4) is 0 Å². The Morgan fingerprint density at radius 3 is 2.37 bits per heavy atom. The lowest BCUT2D eigenvalue weighted by Gasteiger charge is -2.54. The van der Waals surface area contributed by atoms with E-state index in [4.69, 9.17) is 9.26 Å². The topological polar surface area (TPSA) is 75.9 Å². The monoisotopic (exact) mass is 433 g/mol. The largest absolute Gasteiger partial charge is 0.487 e. The molecule has 0 saturated carbocycles. The fraction of sp³-hybridized carbons (Fsp3) is 0.591. The van der Waals surface area contributed by atoms with Crippen LogP contribution in [0.5, 0.6) is 5.75 Å². The average molecular weight is 434 g/mol. The van der Waals surface area contributed by atoms with Gasteiger partial charge in [0.25, 0.3) is 0 Å². The van der Waals surface area contributed by atoms with Crippen molar-refractivity contribution in [2.45, 2.75) is 63.6 Å². The Hall–Kier alpha value is -1.90. The van der Waals surface area contributed by atoms with E-state index in [1.807, 2.05) is 30.3 Å². The van der Waals surface area contributed by atoms with Crippen LogP contribution >= 0.6 is 0 Å². The van der Waals surface area contributed by atoms with Crippen LogP contribution in [0, 0.1) is 19.8 Å². The van der Waals surface area contributed by atoms with Gasteiger partial charge in [0.15, 0.2) is 5.76 Å². The molecule has 0 amide bonds. The number of aromatic nitrogens is 1. The van der Waals surface area contributed by atoms with Gasteiger partial charge in [0, 0.05) is 25.7 Å². The second-order valence-electron chi connectivity index (χ2n) is 8.65. The fourth-order valence-electron chi connectivity index (χ4n) is 4.85. The molecular weight excluding hydrogens is 402 g/mol. The van der Waals surface area contributed by atoms with Crippen molar-refractivity contribution < 1.29 is 17.7 Å². The molecule has 2 aliphatic rings. The van der Waals surface area contributed by atoms with Gasteiger partial charge in [0.2, 0.25) is 10.0 Å². The van der Waals surface area contributed by atoms with Crippen LogP contribution in [0.4, 0.5) is 0 Å². The highest BCUT2D eigenvalue weighted by Gasteiger charge is 2.48. The van der Waals surface area contributed by atoms with E-state index in [0.717, 1.165) is 25.1 Å². The first-order valence-corrected chi connectivity index (χ1v) is 12.1. The third-order valence-electron chi connectivity index (χ3n) is 6.40. The van der Waals surface area contributed by atoms with E-state index in [9.17, 15) is 8.42 Å². The molecule has 1 aromatic carbocycles. The molecule has 2 aliphatic heterocycles. The fourth-order valence-corrected chi connectivity index (χ4v) is 6.61. The van der Waals surface area contributed by atoms with Gasteiger partial charge in [-0.1, -0.05) is 23.4 Å². The number of hydrogen-bond acceptors (Lipinski definition) is 6. The van der Waals surface area contributed by atoms with Gasteiger partial charge < -0.3 is 9.26 Å². The number of sulfonamides is 1. The summed E-state index contributed by atoms with van der Waals surface area (Å²) in [5, 5.41) is 3.82. The van der Waals surface area contributed by atoms with Crippen LogP contribution in [-0.2, 0) is 10.0 Å². The van der Waals surface area contributed by atoms with Gasteiger partial charge in [-0.3, -0.25) is 4.90 Å². The van der Waals surface area contributed by atoms with Crippen LogP contribution in [-0.4, -0.2) is 60.6 Å². The number of likely N-dealkylation sites (tertiary alicyclic amines) is 1. The van der Waals surface area contributed by atoms with Crippen molar-refractivity contribution in [1.29, 1.82) is 0 Å². The zero-order chi connectivity index (χ0) is 21.5. The summed E-state index contributed by atoms with van der Waals surface area (Å²) in [5.41, 5.74) is 0.427. The Morgan fingerprint density at radius 1 is 1.13 bits per heavy atom. The van der Waals surface area contributed by atoms with Gasteiger partial charge in [-0.25, -0.2) is 8.42 Å². The van der Waals surface area contributed by atoms with Gasteiger partial charge in [0.1, 0.15) is 22.4 Å². The van der Waals surface area contributed by atoms with E-state index in [1.54, 1.807) is 18.2 Å². The van der Waals surface area contributed by atoms with Crippen LogP contribution in [0.2, 0.25) is 0 Å². The molecule has 30 heavy (non-hydrogen) atoms. The lowest BCUT2D eigenvalue weighted by molar-refractivity contribution is -0.0972. The van der Waals surface area contributed by atoms with Crippen LogP contribution in [0.25, 0.3) is 0 Å². The van der Waals surface area contributed by atoms with Crippen LogP contribution in [0.15, 0.2) is 39.8 Å². The second kappa shape index (κ2) is 8.32. The second-order valence-corrected chi connectivity index (χ2v) is 10.5. The molecule has 4 rings (SSSR count). The third kappa shape index (κ3) is 3.88. The predicted molar refractivity (Wildman–Crippen MR) is 114 cm³/mol. The van der Waals surface area contributed by atoms with Crippen molar-refractivity contribution in [3.63, 3.8) is 0 Å². The smallest absolute Gasteiger partial charge is 0.248 e. The normalized spacial score (nSPS) is 24.2. The minimum atomic E-state index is -3.58. The highest BCUT2D eigenvalue weighted by Crippen LogP contribution is 2.37. The number of piperidine rings is 1. The minimum absolute atomic E-state index is 0.144. The molecule has 0 unspecified atom stereocenters. The molecule has 1 aromatic heterocycles. The summed E-state index contributed by atoms with van der Waals surface area (Å²) >= 11 is 0. The molecular formula is C22H31N3O4S. The zero-order valence-corrected chi connectivity index (χ0v) is 18.9. The zero-order valence-electron chi connectivity index (χ0n) is 18.1. The first kappa shape index (κ1) is 21.3. The molecule has 0 bridgehead atoms. The third-order valence-corrected chi connectivity index (χ3v) is 8.54.